The third kappa shape index (κ3) is 3.13. The average Bonchev–Trinajstić information content (AvgIpc) is 2.46. The zero-order valence-corrected chi connectivity index (χ0v) is 11.4. The van der Waals surface area contributed by atoms with Gasteiger partial charge in [-0.15, -0.1) is 0 Å². The van der Waals surface area contributed by atoms with Crippen LogP contribution in [0.1, 0.15) is 30.4 Å². The van der Waals surface area contributed by atoms with E-state index in [2.05, 4.69) is 5.32 Å². The monoisotopic (exact) mass is 265 g/mol. The van der Waals surface area contributed by atoms with Gasteiger partial charge in [0.1, 0.15) is 5.82 Å². The van der Waals surface area contributed by atoms with Crippen LogP contribution in [-0.4, -0.2) is 26.2 Å². The van der Waals surface area contributed by atoms with E-state index in [9.17, 15) is 9.18 Å². The highest BCUT2D eigenvalue weighted by atomic mass is 19.1. The van der Waals surface area contributed by atoms with Crippen LogP contribution in [0.2, 0.25) is 0 Å². The van der Waals surface area contributed by atoms with E-state index >= 15 is 0 Å². The van der Waals surface area contributed by atoms with E-state index in [0.29, 0.717) is 19.4 Å². The molecule has 1 aromatic rings. The highest BCUT2D eigenvalue weighted by Crippen LogP contribution is 2.28. The predicted octanol–water partition coefficient (Wildman–Crippen LogP) is 2.25. The Hall–Kier alpha value is -1.42. The molecule has 3 nitrogen and oxygen atoms in total. The van der Waals surface area contributed by atoms with Crippen molar-refractivity contribution in [2.45, 2.75) is 25.7 Å². The molecule has 0 saturated carbocycles. The standard InChI is InChI=1S/C15H20FNO2/c1-3-10-4-5-11(7-14(10)16)12-6-13(9-17-8-12)15(18)19-2/h4-5,7,12-13,17H,3,6,8-9H2,1-2H3. The minimum absolute atomic E-state index is 0.141. The summed E-state index contributed by atoms with van der Waals surface area (Å²) in [7, 11) is 1.40. The third-order valence-electron chi connectivity index (χ3n) is 3.81. The molecule has 1 aliphatic heterocycles. The lowest BCUT2D eigenvalue weighted by atomic mass is 9.85. The molecular weight excluding hydrogens is 245 g/mol. The molecule has 0 radical (unpaired) electrons. The van der Waals surface area contributed by atoms with Crippen LogP contribution in [0.4, 0.5) is 4.39 Å². The first-order chi connectivity index (χ1) is 9.15. The molecule has 1 N–H and O–H groups in total. The minimum atomic E-state index is -0.192. The van der Waals surface area contributed by atoms with Crippen LogP contribution < -0.4 is 5.32 Å². The molecule has 1 aromatic carbocycles. The number of benzene rings is 1. The summed E-state index contributed by atoms with van der Waals surface area (Å²) in [6.07, 6.45) is 1.41. The molecule has 0 bridgehead atoms. The van der Waals surface area contributed by atoms with Gasteiger partial charge in [0.05, 0.1) is 13.0 Å². The molecule has 0 aliphatic carbocycles. The Morgan fingerprint density at radius 2 is 2.26 bits per heavy atom. The molecule has 1 fully saturated rings. The maximum atomic E-state index is 13.8. The highest BCUT2D eigenvalue weighted by Gasteiger charge is 2.28. The van der Waals surface area contributed by atoms with E-state index in [1.54, 1.807) is 6.07 Å². The SMILES string of the molecule is CCc1ccc(C2CNCC(C(=O)OC)C2)cc1F. The average molecular weight is 265 g/mol. The summed E-state index contributed by atoms with van der Waals surface area (Å²) >= 11 is 0. The Morgan fingerprint density at radius 3 is 2.89 bits per heavy atom. The van der Waals surface area contributed by atoms with Crippen molar-refractivity contribution < 1.29 is 13.9 Å². The summed E-state index contributed by atoms with van der Waals surface area (Å²) < 4.78 is 18.6. The minimum Gasteiger partial charge on any atom is -0.469 e. The largest absolute Gasteiger partial charge is 0.469 e. The molecular formula is C15H20FNO2. The van der Waals surface area contributed by atoms with Gasteiger partial charge in [0.25, 0.3) is 0 Å². The van der Waals surface area contributed by atoms with Gasteiger partial charge in [-0.25, -0.2) is 4.39 Å². The number of hydrogen-bond donors (Lipinski definition) is 1. The second kappa shape index (κ2) is 6.15. The molecule has 1 saturated heterocycles. The lowest BCUT2D eigenvalue weighted by Crippen LogP contribution is -2.39. The van der Waals surface area contributed by atoms with Gasteiger partial charge in [0.15, 0.2) is 0 Å². The topological polar surface area (TPSA) is 38.3 Å². The number of halogens is 1. The van der Waals surface area contributed by atoms with Crippen LogP contribution >= 0.6 is 0 Å². The highest BCUT2D eigenvalue weighted by molar-refractivity contribution is 5.72. The Kier molecular flexibility index (Phi) is 4.53. The van der Waals surface area contributed by atoms with Crippen LogP contribution in [0.3, 0.4) is 0 Å². The Morgan fingerprint density at radius 1 is 1.47 bits per heavy atom. The number of carbonyl (C=O) groups is 1. The van der Waals surface area contributed by atoms with E-state index in [1.165, 1.54) is 7.11 Å². The third-order valence-corrected chi connectivity index (χ3v) is 3.81. The van der Waals surface area contributed by atoms with Gasteiger partial charge in [-0.1, -0.05) is 19.1 Å². The van der Waals surface area contributed by atoms with Gasteiger partial charge in [0.2, 0.25) is 0 Å². The number of hydrogen-bond acceptors (Lipinski definition) is 3. The fraction of sp³-hybridized carbons (Fsp3) is 0.533. The van der Waals surface area contributed by atoms with Gasteiger partial charge in [-0.05, 0) is 36.0 Å². The van der Waals surface area contributed by atoms with Crippen molar-refractivity contribution in [3.8, 4) is 0 Å². The van der Waals surface area contributed by atoms with Crippen molar-refractivity contribution in [3.05, 3.63) is 35.1 Å². The number of methoxy groups -OCH3 is 1. The van der Waals surface area contributed by atoms with Crippen LogP contribution in [0, 0.1) is 11.7 Å². The fourth-order valence-corrected chi connectivity index (χ4v) is 2.65. The first-order valence-electron chi connectivity index (χ1n) is 6.72. The quantitative estimate of drug-likeness (QED) is 0.852. The molecule has 0 aromatic heterocycles. The maximum Gasteiger partial charge on any atom is 0.309 e. The van der Waals surface area contributed by atoms with Gasteiger partial charge >= 0.3 is 5.97 Å². The van der Waals surface area contributed by atoms with Crippen molar-refractivity contribution in [2.24, 2.45) is 5.92 Å². The predicted molar refractivity (Wildman–Crippen MR) is 71.5 cm³/mol. The fourth-order valence-electron chi connectivity index (χ4n) is 2.65. The van der Waals surface area contributed by atoms with E-state index in [4.69, 9.17) is 4.74 Å². The number of carbonyl (C=O) groups excluding carboxylic acids is 1. The number of rotatable bonds is 3. The molecule has 2 unspecified atom stereocenters. The summed E-state index contributed by atoms with van der Waals surface area (Å²) in [5, 5.41) is 3.22. The van der Waals surface area contributed by atoms with Crippen molar-refractivity contribution in [1.82, 2.24) is 5.32 Å². The Balaban J connectivity index is 2.13. The summed E-state index contributed by atoms with van der Waals surface area (Å²) in [6.45, 7) is 3.35. The zero-order valence-electron chi connectivity index (χ0n) is 11.4. The second-order valence-electron chi connectivity index (χ2n) is 5.02. The maximum absolute atomic E-state index is 13.8. The Bertz CT molecular complexity index is 461. The van der Waals surface area contributed by atoms with Crippen LogP contribution in [0.15, 0.2) is 18.2 Å². The van der Waals surface area contributed by atoms with Crippen LogP contribution in [-0.2, 0) is 16.0 Å². The molecule has 0 spiro atoms. The van der Waals surface area contributed by atoms with Crippen molar-refractivity contribution in [2.75, 3.05) is 20.2 Å². The Labute approximate surface area is 113 Å². The smallest absolute Gasteiger partial charge is 0.309 e. The second-order valence-corrected chi connectivity index (χ2v) is 5.02. The van der Waals surface area contributed by atoms with Crippen molar-refractivity contribution >= 4 is 5.97 Å². The van der Waals surface area contributed by atoms with Crippen LogP contribution in [0.25, 0.3) is 0 Å². The molecule has 1 aliphatic rings. The van der Waals surface area contributed by atoms with E-state index in [1.807, 2.05) is 19.1 Å². The van der Waals surface area contributed by atoms with Gasteiger partial charge in [0, 0.05) is 13.1 Å². The lowest BCUT2D eigenvalue weighted by molar-refractivity contribution is -0.146. The molecule has 2 atom stereocenters. The van der Waals surface area contributed by atoms with Gasteiger partial charge in [-0.3, -0.25) is 4.79 Å². The lowest BCUT2D eigenvalue weighted by Gasteiger charge is -2.28. The summed E-state index contributed by atoms with van der Waals surface area (Å²) in [5.74, 6) is -0.320. The number of esters is 1. The number of nitrogens with one attached hydrogen (secondary N) is 1. The molecule has 104 valence electrons. The zero-order chi connectivity index (χ0) is 13.8. The van der Waals surface area contributed by atoms with E-state index in [0.717, 1.165) is 17.7 Å². The molecule has 19 heavy (non-hydrogen) atoms. The van der Waals surface area contributed by atoms with Gasteiger partial charge < -0.3 is 10.1 Å². The van der Waals surface area contributed by atoms with Crippen LogP contribution in [0.5, 0.6) is 0 Å². The first kappa shape index (κ1) is 14.0. The normalized spacial score (nSPS) is 23.1. The first-order valence-corrected chi connectivity index (χ1v) is 6.72. The summed E-state index contributed by atoms with van der Waals surface area (Å²) in [6, 6.07) is 5.41. The number of ether oxygens (including phenoxy) is 1. The van der Waals surface area contributed by atoms with Gasteiger partial charge in [-0.2, -0.15) is 0 Å². The summed E-state index contributed by atoms with van der Waals surface area (Å²) in [4.78, 5) is 11.6. The van der Waals surface area contributed by atoms with E-state index < -0.39 is 0 Å². The molecule has 0 amide bonds. The van der Waals surface area contributed by atoms with Crippen molar-refractivity contribution in [1.29, 1.82) is 0 Å². The molecule has 1 heterocycles. The number of aryl methyl sites for hydroxylation is 1. The number of piperidine rings is 1. The molecule has 2 rings (SSSR count). The van der Waals surface area contributed by atoms with Crippen molar-refractivity contribution in [3.63, 3.8) is 0 Å². The molecule has 4 heteroatoms. The van der Waals surface area contributed by atoms with E-state index in [-0.39, 0.29) is 23.6 Å². The summed E-state index contributed by atoms with van der Waals surface area (Å²) in [5.41, 5.74) is 1.69.